The van der Waals surface area contributed by atoms with Gasteiger partial charge in [-0.15, -0.1) is 0 Å². The molecule has 0 aliphatic heterocycles. The maximum Gasteiger partial charge on any atom is 0.274 e. The molecule has 0 aliphatic rings. The zero-order valence-electron chi connectivity index (χ0n) is 17.0. The Kier molecular flexibility index (Phi) is 5.26. The molecule has 0 fully saturated rings. The smallest absolute Gasteiger partial charge is 0.274 e. The van der Waals surface area contributed by atoms with Crippen LogP contribution in [0.4, 0.5) is 23.1 Å². The molecule has 2 aromatic heterocycles. The Bertz CT molecular complexity index is 1200. The van der Waals surface area contributed by atoms with Crippen LogP contribution >= 0.6 is 0 Å². The maximum absolute atomic E-state index is 12.6. The molecule has 30 heavy (non-hydrogen) atoms. The molecule has 0 unspecified atom stereocenters. The van der Waals surface area contributed by atoms with Crippen LogP contribution in [0.3, 0.4) is 0 Å². The first-order valence-corrected chi connectivity index (χ1v) is 9.55. The predicted molar refractivity (Wildman–Crippen MR) is 121 cm³/mol. The summed E-state index contributed by atoms with van der Waals surface area (Å²) in [7, 11) is 3.88. The number of carbonyl (C=O) groups is 1. The molecule has 0 saturated carbocycles. The molecule has 150 valence electrons. The molecule has 0 bridgehead atoms. The van der Waals surface area contributed by atoms with E-state index in [1.807, 2.05) is 86.6 Å². The monoisotopic (exact) mass is 398 g/mol. The lowest BCUT2D eigenvalue weighted by atomic mass is 10.2. The lowest BCUT2D eigenvalue weighted by Crippen LogP contribution is -2.13. The van der Waals surface area contributed by atoms with Gasteiger partial charge in [0, 0.05) is 42.6 Å². The van der Waals surface area contributed by atoms with Crippen molar-refractivity contribution in [2.24, 2.45) is 0 Å². The Balaban J connectivity index is 1.46. The molecule has 2 N–H and O–H groups in total. The molecule has 4 aromatic rings. The van der Waals surface area contributed by atoms with Crippen LogP contribution in [0.5, 0.6) is 0 Å². The van der Waals surface area contributed by atoms with Crippen LogP contribution < -0.4 is 15.5 Å². The summed E-state index contributed by atoms with van der Waals surface area (Å²) < 4.78 is 0. The van der Waals surface area contributed by atoms with E-state index >= 15 is 0 Å². The van der Waals surface area contributed by atoms with Crippen molar-refractivity contribution in [2.45, 2.75) is 6.92 Å². The van der Waals surface area contributed by atoms with E-state index in [9.17, 15) is 4.79 Å². The van der Waals surface area contributed by atoms with Gasteiger partial charge in [-0.2, -0.15) is 4.98 Å². The molecule has 4 rings (SSSR count). The largest absolute Gasteiger partial charge is 0.363 e. The summed E-state index contributed by atoms with van der Waals surface area (Å²) in [5, 5.41) is 7.08. The lowest BCUT2D eigenvalue weighted by Gasteiger charge is -2.14. The Morgan fingerprint density at radius 1 is 0.867 bits per heavy atom. The number of hydrogen-bond acceptors (Lipinski definition) is 6. The fraction of sp³-hybridized carbons (Fsp3) is 0.130. The number of fused-ring (bicyclic) bond motifs is 1. The highest BCUT2D eigenvalue weighted by molar-refractivity contribution is 6.04. The number of carbonyl (C=O) groups excluding carboxylic acids is 1. The number of rotatable bonds is 5. The Labute approximate surface area is 174 Å². The lowest BCUT2D eigenvalue weighted by molar-refractivity contribution is 0.102. The number of aryl methyl sites for hydroxylation is 1. The standard InChI is InChI=1S/C23H22N6O/c1-15-14-21(29(2)3)28-23(24-15)26-18-11-9-17(10-12-18)25-22(30)20-13-8-16-6-4-5-7-19(16)27-20/h4-14H,1-3H3,(H,25,30)(H,24,26,28). The highest BCUT2D eigenvalue weighted by Gasteiger charge is 2.09. The number of nitrogens with one attached hydrogen (secondary N) is 2. The minimum absolute atomic E-state index is 0.251. The summed E-state index contributed by atoms with van der Waals surface area (Å²) in [6.07, 6.45) is 0. The van der Waals surface area contributed by atoms with Crippen LogP contribution in [-0.2, 0) is 0 Å². The van der Waals surface area contributed by atoms with E-state index in [1.165, 1.54) is 0 Å². The van der Waals surface area contributed by atoms with E-state index in [-0.39, 0.29) is 5.91 Å². The third-order valence-corrected chi connectivity index (χ3v) is 4.53. The number of benzene rings is 2. The maximum atomic E-state index is 12.6. The van der Waals surface area contributed by atoms with Gasteiger partial charge in [0.25, 0.3) is 5.91 Å². The zero-order chi connectivity index (χ0) is 21.1. The average Bonchev–Trinajstić information content (AvgIpc) is 2.74. The first-order valence-electron chi connectivity index (χ1n) is 9.55. The Hall–Kier alpha value is -4.00. The van der Waals surface area contributed by atoms with Gasteiger partial charge >= 0.3 is 0 Å². The van der Waals surface area contributed by atoms with Crippen molar-refractivity contribution in [2.75, 3.05) is 29.6 Å². The predicted octanol–water partition coefficient (Wildman–Crippen LogP) is 4.40. The first-order chi connectivity index (χ1) is 14.5. The minimum atomic E-state index is -0.251. The molecular weight excluding hydrogens is 376 g/mol. The number of amides is 1. The molecule has 2 heterocycles. The van der Waals surface area contributed by atoms with Crippen LogP contribution in [0.15, 0.2) is 66.7 Å². The summed E-state index contributed by atoms with van der Waals surface area (Å²) in [5.41, 5.74) is 3.55. The highest BCUT2D eigenvalue weighted by atomic mass is 16.1. The van der Waals surface area contributed by atoms with Crippen LogP contribution in [0, 0.1) is 6.92 Å². The molecule has 7 nitrogen and oxygen atoms in total. The van der Waals surface area contributed by atoms with Gasteiger partial charge in [-0.1, -0.05) is 24.3 Å². The van der Waals surface area contributed by atoms with Crippen molar-refractivity contribution in [3.8, 4) is 0 Å². The highest BCUT2D eigenvalue weighted by Crippen LogP contribution is 2.20. The fourth-order valence-corrected chi connectivity index (χ4v) is 2.99. The van der Waals surface area contributed by atoms with Gasteiger partial charge in [-0.25, -0.2) is 9.97 Å². The summed E-state index contributed by atoms with van der Waals surface area (Å²) in [6.45, 7) is 1.93. The van der Waals surface area contributed by atoms with Crippen molar-refractivity contribution in [3.63, 3.8) is 0 Å². The van der Waals surface area contributed by atoms with Crippen molar-refractivity contribution >= 4 is 40.0 Å². The van der Waals surface area contributed by atoms with Crippen LogP contribution in [0.1, 0.15) is 16.2 Å². The zero-order valence-corrected chi connectivity index (χ0v) is 17.0. The Morgan fingerprint density at radius 3 is 2.37 bits per heavy atom. The van der Waals surface area contributed by atoms with Gasteiger partial charge < -0.3 is 15.5 Å². The van der Waals surface area contributed by atoms with E-state index in [0.29, 0.717) is 17.3 Å². The second kappa shape index (κ2) is 8.16. The average molecular weight is 398 g/mol. The molecule has 0 radical (unpaired) electrons. The van der Waals surface area contributed by atoms with Gasteiger partial charge in [0.15, 0.2) is 0 Å². The van der Waals surface area contributed by atoms with Gasteiger partial charge in [0.2, 0.25) is 5.95 Å². The number of para-hydroxylation sites is 1. The van der Waals surface area contributed by atoms with Crippen molar-refractivity contribution < 1.29 is 4.79 Å². The SMILES string of the molecule is Cc1cc(N(C)C)nc(Nc2ccc(NC(=O)c3ccc4ccccc4n3)cc2)n1. The molecule has 2 aromatic carbocycles. The van der Waals surface area contributed by atoms with Crippen molar-refractivity contribution in [1.82, 2.24) is 15.0 Å². The van der Waals surface area contributed by atoms with E-state index in [4.69, 9.17) is 0 Å². The second-order valence-electron chi connectivity index (χ2n) is 7.13. The van der Waals surface area contributed by atoms with Crippen molar-refractivity contribution in [1.29, 1.82) is 0 Å². The Morgan fingerprint density at radius 2 is 1.60 bits per heavy atom. The molecule has 0 spiro atoms. The van der Waals surface area contributed by atoms with E-state index < -0.39 is 0 Å². The summed E-state index contributed by atoms with van der Waals surface area (Å²) in [6, 6.07) is 20.6. The first kappa shape index (κ1) is 19.3. The van der Waals surface area contributed by atoms with E-state index in [1.54, 1.807) is 6.07 Å². The summed E-state index contributed by atoms with van der Waals surface area (Å²) in [4.78, 5) is 27.8. The molecule has 7 heteroatoms. The van der Waals surface area contributed by atoms with Gasteiger partial charge in [0.1, 0.15) is 11.5 Å². The summed E-state index contributed by atoms with van der Waals surface area (Å²) in [5.74, 6) is 1.10. The topological polar surface area (TPSA) is 83.0 Å². The number of nitrogens with zero attached hydrogens (tertiary/aromatic N) is 4. The van der Waals surface area contributed by atoms with E-state index in [0.717, 1.165) is 28.1 Å². The number of aromatic nitrogens is 3. The quantitative estimate of drug-likeness (QED) is 0.519. The van der Waals surface area contributed by atoms with Crippen LogP contribution in [0.25, 0.3) is 10.9 Å². The second-order valence-corrected chi connectivity index (χ2v) is 7.13. The third kappa shape index (κ3) is 4.35. The van der Waals surface area contributed by atoms with E-state index in [2.05, 4.69) is 25.6 Å². The molecule has 1 amide bonds. The van der Waals surface area contributed by atoms with Crippen LogP contribution in [0.2, 0.25) is 0 Å². The molecular formula is C23H22N6O. The molecule has 0 atom stereocenters. The third-order valence-electron chi connectivity index (χ3n) is 4.53. The number of pyridine rings is 1. The summed E-state index contributed by atoms with van der Waals surface area (Å²) >= 11 is 0. The van der Waals surface area contributed by atoms with Gasteiger partial charge in [0.05, 0.1) is 5.52 Å². The number of anilines is 4. The van der Waals surface area contributed by atoms with Gasteiger partial charge in [-0.05, 0) is 43.3 Å². The van der Waals surface area contributed by atoms with Gasteiger partial charge in [-0.3, -0.25) is 4.79 Å². The minimum Gasteiger partial charge on any atom is -0.363 e. The molecule has 0 saturated heterocycles. The van der Waals surface area contributed by atoms with Crippen LogP contribution in [-0.4, -0.2) is 35.0 Å². The van der Waals surface area contributed by atoms with Crippen molar-refractivity contribution in [3.05, 3.63) is 78.1 Å². The normalized spacial score (nSPS) is 10.6. The fourth-order valence-electron chi connectivity index (χ4n) is 2.99. The molecule has 0 aliphatic carbocycles. The number of hydrogen-bond donors (Lipinski definition) is 2.